The fourth-order valence-corrected chi connectivity index (χ4v) is 2.13. The van der Waals surface area contributed by atoms with Crippen LogP contribution in [0.3, 0.4) is 0 Å². The Hall–Kier alpha value is -2.38. The number of non-ortho nitro benzene ring substituents is 1. The van der Waals surface area contributed by atoms with Crippen molar-refractivity contribution in [1.29, 1.82) is 0 Å². The van der Waals surface area contributed by atoms with E-state index in [1.54, 1.807) is 19.2 Å². The molecule has 2 N–H and O–H groups in total. The van der Waals surface area contributed by atoms with E-state index < -0.39 is 4.92 Å². The van der Waals surface area contributed by atoms with E-state index in [1.165, 1.54) is 18.2 Å². The molecule has 0 atom stereocenters. The molecule has 0 unspecified atom stereocenters. The van der Waals surface area contributed by atoms with Crippen molar-refractivity contribution < 1.29 is 9.66 Å². The number of halogens is 1. The first-order valence-electron chi connectivity index (χ1n) is 6.15. The zero-order valence-corrected chi connectivity index (χ0v) is 13.1. The number of hydrogen-bond donors (Lipinski definition) is 2. The third kappa shape index (κ3) is 4.06. The van der Waals surface area contributed by atoms with Gasteiger partial charge in [0, 0.05) is 17.8 Å². The first-order chi connectivity index (χ1) is 10.5. The number of nitrogens with zero attached hydrogens (tertiary/aromatic N) is 1. The predicted molar refractivity (Wildman–Crippen MR) is 90.9 cm³/mol. The molecule has 2 rings (SSSR count). The molecule has 0 spiro atoms. The van der Waals surface area contributed by atoms with Crippen molar-refractivity contribution >= 4 is 46.0 Å². The van der Waals surface area contributed by atoms with Gasteiger partial charge >= 0.3 is 0 Å². The molecule has 0 saturated carbocycles. The first-order valence-corrected chi connectivity index (χ1v) is 6.94. The summed E-state index contributed by atoms with van der Waals surface area (Å²) in [6.07, 6.45) is 0. The number of methoxy groups -OCH3 is 1. The number of rotatable bonds is 4. The molecule has 0 amide bonds. The van der Waals surface area contributed by atoms with Crippen molar-refractivity contribution in [3.05, 3.63) is 57.6 Å². The quantitative estimate of drug-likeness (QED) is 0.497. The zero-order chi connectivity index (χ0) is 16.1. The lowest BCUT2D eigenvalue weighted by atomic mass is 10.3. The molecule has 0 aliphatic heterocycles. The number of nitro groups is 1. The highest BCUT2D eigenvalue weighted by molar-refractivity contribution is 7.80. The van der Waals surface area contributed by atoms with Crippen LogP contribution in [0, 0.1) is 10.1 Å². The summed E-state index contributed by atoms with van der Waals surface area (Å²) < 4.78 is 5.07. The molecule has 8 heteroatoms. The summed E-state index contributed by atoms with van der Waals surface area (Å²) in [5.41, 5.74) is 1.18. The predicted octanol–water partition coefficient (Wildman–Crippen LogP) is 4.07. The van der Waals surface area contributed by atoms with Gasteiger partial charge in [-0.25, -0.2) is 0 Å². The molecule has 0 aromatic heterocycles. The van der Waals surface area contributed by atoms with Gasteiger partial charge in [0.25, 0.3) is 5.69 Å². The van der Waals surface area contributed by atoms with Gasteiger partial charge < -0.3 is 15.4 Å². The summed E-state index contributed by atoms with van der Waals surface area (Å²) in [4.78, 5) is 10.1. The summed E-state index contributed by atoms with van der Waals surface area (Å²) in [5, 5.41) is 17.1. The van der Waals surface area contributed by atoms with Gasteiger partial charge in [-0.15, -0.1) is 0 Å². The standard InChI is InChI=1S/C14H12ClN3O3S/c1-21-11-5-2-9(3-6-11)16-14(22)17-13-7-4-10(18(19)20)8-12(13)15/h2-8H,1H3,(H2,16,17,22). The van der Waals surface area contributed by atoms with Crippen LogP contribution in [-0.2, 0) is 0 Å². The van der Waals surface area contributed by atoms with Crippen LogP contribution in [0.5, 0.6) is 5.75 Å². The maximum atomic E-state index is 10.7. The molecule has 6 nitrogen and oxygen atoms in total. The summed E-state index contributed by atoms with van der Waals surface area (Å²) >= 11 is 11.2. The number of anilines is 2. The van der Waals surface area contributed by atoms with Gasteiger partial charge in [-0.1, -0.05) is 11.6 Å². The van der Waals surface area contributed by atoms with Crippen molar-refractivity contribution in [3.8, 4) is 5.75 Å². The number of hydrogen-bond acceptors (Lipinski definition) is 4. The number of thiocarbonyl (C=S) groups is 1. The van der Waals surface area contributed by atoms with E-state index in [-0.39, 0.29) is 10.7 Å². The minimum Gasteiger partial charge on any atom is -0.497 e. The highest BCUT2D eigenvalue weighted by Gasteiger charge is 2.10. The second-order valence-electron chi connectivity index (χ2n) is 4.23. The van der Waals surface area contributed by atoms with Crippen LogP contribution in [0.2, 0.25) is 5.02 Å². The van der Waals surface area contributed by atoms with Crippen LogP contribution in [0.25, 0.3) is 0 Å². The number of ether oxygens (including phenoxy) is 1. The molecule has 0 aliphatic rings. The molecule has 0 fully saturated rings. The number of nitrogens with one attached hydrogen (secondary N) is 2. The molecule has 0 saturated heterocycles. The lowest BCUT2D eigenvalue weighted by Gasteiger charge is -2.12. The van der Waals surface area contributed by atoms with Gasteiger partial charge in [-0.2, -0.15) is 0 Å². The molecule has 0 heterocycles. The Morgan fingerprint density at radius 1 is 1.23 bits per heavy atom. The summed E-state index contributed by atoms with van der Waals surface area (Å²) in [7, 11) is 1.59. The SMILES string of the molecule is COc1ccc(NC(=S)Nc2ccc([N+](=O)[O-])cc2Cl)cc1. The second-order valence-corrected chi connectivity index (χ2v) is 5.04. The highest BCUT2D eigenvalue weighted by Crippen LogP contribution is 2.26. The van der Waals surface area contributed by atoms with Gasteiger partial charge in [0.15, 0.2) is 5.11 Å². The smallest absolute Gasteiger partial charge is 0.271 e. The monoisotopic (exact) mass is 337 g/mol. The molecule has 22 heavy (non-hydrogen) atoms. The lowest BCUT2D eigenvalue weighted by Crippen LogP contribution is -2.19. The Balaban J connectivity index is 2.03. The van der Waals surface area contributed by atoms with Gasteiger partial charge in [-0.05, 0) is 42.5 Å². The van der Waals surface area contributed by atoms with Crippen molar-refractivity contribution in [3.63, 3.8) is 0 Å². The van der Waals surface area contributed by atoms with E-state index in [0.717, 1.165) is 11.4 Å². The second kappa shape index (κ2) is 7.06. The minimum absolute atomic E-state index is 0.0791. The molecule has 0 radical (unpaired) electrons. The van der Waals surface area contributed by atoms with E-state index in [0.29, 0.717) is 10.8 Å². The zero-order valence-electron chi connectivity index (χ0n) is 11.5. The van der Waals surface area contributed by atoms with E-state index in [1.807, 2.05) is 12.1 Å². The molecule has 0 bridgehead atoms. The third-order valence-corrected chi connectivity index (χ3v) is 3.28. The van der Waals surface area contributed by atoms with E-state index in [9.17, 15) is 10.1 Å². The van der Waals surface area contributed by atoms with Crippen LogP contribution >= 0.6 is 23.8 Å². The molecule has 0 aliphatic carbocycles. The van der Waals surface area contributed by atoms with Crippen molar-refractivity contribution in [1.82, 2.24) is 0 Å². The lowest BCUT2D eigenvalue weighted by molar-refractivity contribution is -0.384. The largest absolute Gasteiger partial charge is 0.497 e. The van der Waals surface area contributed by atoms with Crippen LogP contribution in [0.1, 0.15) is 0 Å². The van der Waals surface area contributed by atoms with E-state index in [2.05, 4.69) is 10.6 Å². The van der Waals surface area contributed by atoms with Crippen LogP contribution in [-0.4, -0.2) is 17.1 Å². The summed E-state index contributed by atoms with van der Waals surface area (Å²) in [6.45, 7) is 0. The Morgan fingerprint density at radius 3 is 2.45 bits per heavy atom. The van der Waals surface area contributed by atoms with Gasteiger partial charge in [-0.3, -0.25) is 10.1 Å². The molecule has 2 aromatic carbocycles. The van der Waals surface area contributed by atoms with Gasteiger partial charge in [0.1, 0.15) is 5.75 Å². The van der Waals surface area contributed by atoms with Crippen LogP contribution in [0.4, 0.5) is 17.1 Å². The normalized spacial score (nSPS) is 9.91. The molecular formula is C14H12ClN3O3S. The average molecular weight is 338 g/mol. The summed E-state index contributed by atoms with van der Waals surface area (Å²) in [5.74, 6) is 0.739. The Morgan fingerprint density at radius 2 is 1.91 bits per heavy atom. The number of benzene rings is 2. The van der Waals surface area contributed by atoms with E-state index in [4.69, 9.17) is 28.6 Å². The molecular weight excluding hydrogens is 326 g/mol. The average Bonchev–Trinajstić information content (AvgIpc) is 2.50. The van der Waals surface area contributed by atoms with Crippen LogP contribution < -0.4 is 15.4 Å². The Labute approximate surface area is 137 Å². The topological polar surface area (TPSA) is 76.4 Å². The first kappa shape index (κ1) is 16.0. The van der Waals surface area contributed by atoms with Crippen molar-refractivity contribution in [2.45, 2.75) is 0 Å². The molecule has 114 valence electrons. The minimum atomic E-state index is -0.510. The Bertz CT molecular complexity index is 707. The summed E-state index contributed by atoms with van der Waals surface area (Å²) in [6, 6.07) is 11.3. The molecule has 2 aromatic rings. The maximum absolute atomic E-state index is 10.7. The third-order valence-electron chi connectivity index (χ3n) is 2.76. The van der Waals surface area contributed by atoms with Gasteiger partial charge in [0.2, 0.25) is 0 Å². The number of nitro benzene ring substituents is 1. The fraction of sp³-hybridized carbons (Fsp3) is 0.0714. The van der Waals surface area contributed by atoms with Crippen molar-refractivity contribution in [2.75, 3.05) is 17.7 Å². The van der Waals surface area contributed by atoms with Crippen LogP contribution in [0.15, 0.2) is 42.5 Å². The fourth-order valence-electron chi connectivity index (χ4n) is 1.68. The van der Waals surface area contributed by atoms with E-state index >= 15 is 0 Å². The van der Waals surface area contributed by atoms with Crippen molar-refractivity contribution in [2.24, 2.45) is 0 Å². The highest BCUT2D eigenvalue weighted by atomic mass is 35.5. The van der Waals surface area contributed by atoms with Gasteiger partial charge in [0.05, 0.1) is 22.7 Å². The Kier molecular flexibility index (Phi) is 5.13. The maximum Gasteiger partial charge on any atom is 0.271 e.